The van der Waals surface area contributed by atoms with Crippen LogP contribution < -0.4 is 4.90 Å². The first-order valence-corrected chi connectivity index (χ1v) is 13.0. The molecule has 0 radical (unpaired) electrons. The molecule has 4 rings (SSSR count). The molecule has 2 aromatic carbocycles. The van der Waals surface area contributed by atoms with Gasteiger partial charge in [0.15, 0.2) is 0 Å². The molecule has 0 unspecified atom stereocenters. The summed E-state index contributed by atoms with van der Waals surface area (Å²) in [7, 11) is 1.83. The molecule has 2 aromatic rings. The molecule has 0 bridgehead atoms. The zero-order chi connectivity index (χ0) is 26.1. The minimum atomic E-state index is -0.310. The van der Waals surface area contributed by atoms with E-state index in [2.05, 4.69) is 99.0 Å². The molecule has 0 aromatic heterocycles. The van der Waals surface area contributed by atoms with E-state index in [9.17, 15) is 4.79 Å². The van der Waals surface area contributed by atoms with Gasteiger partial charge in [0.2, 0.25) is 0 Å². The van der Waals surface area contributed by atoms with Crippen molar-refractivity contribution in [3.8, 4) is 0 Å². The Bertz CT molecular complexity index is 1280. The second-order valence-corrected chi connectivity index (χ2v) is 10.6. The molecule has 0 saturated carbocycles. The maximum atomic E-state index is 13.4. The maximum absolute atomic E-state index is 13.4. The molecular weight excluding hydrogens is 443 g/mol. The van der Waals surface area contributed by atoms with Gasteiger partial charge in [0.1, 0.15) is 0 Å². The number of benzene rings is 2. The van der Waals surface area contributed by atoms with Gasteiger partial charge in [-0.3, -0.25) is 0 Å². The summed E-state index contributed by atoms with van der Waals surface area (Å²) in [6.45, 7) is 18.2. The Labute approximate surface area is 216 Å². The van der Waals surface area contributed by atoms with Crippen molar-refractivity contribution in [1.29, 1.82) is 0 Å². The summed E-state index contributed by atoms with van der Waals surface area (Å²) in [5, 5.41) is 0. The van der Waals surface area contributed by atoms with E-state index in [-0.39, 0.29) is 16.8 Å². The van der Waals surface area contributed by atoms with Crippen LogP contribution in [0.5, 0.6) is 0 Å². The van der Waals surface area contributed by atoms with Gasteiger partial charge in [-0.15, -0.1) is 0 Å². The number of para-hydroxylation sites is 2. The Morgan fingerprint density at radius 1 is 1.03 bits per heavy atom. The summed E-state index contributed by atoms with van der Waals surface area (Å²) in [5.74, 6) is -0.310. The van der Waals surface area contributed by atoms with Gasteiger partial charge in [0, 0.05) is 0 Å². The summed E-state index contributed by atoms with van der Waals surface area (Å²) in [5.41, 5.74) is 6.95. The fourth-order valence-electron chi connectivity index (χ4n) is 5.55. The summed E-state index contributed by atoms with van der Waals surface area (Å²) in [6.07, 6.45) is 6.24. The van der Waals surface area contributed by atoms with Gasteiger partial charge < -0.3 is 0 Å². The molecule has 0 fully saturated rings. The average molecular weight is 481 g/mol. The number of unbranched alkanes of at least 4 members (excludes halogenated alkanes) is 1. The van der Waals surface area contributed by atoms with Crippen molar-refractivity contribution < 1.29 is 14.0 Å². The third kappa shape index (κ3) is 4.29. The predicted molar refractivity (Wildman–Crippen MR) is 152 cm³/mol. The van der Waals surface area contributed by atoms with Gasteiger partial charge in [-0.25, -0.2) is 0 Å². The Hall–Kier alpha value is -3.21. The summed E-state index contributed by atoms with van der Waals surface area (Å²) >= 11 is 0. The number of ether oxygens (including phenoxy) is 1. The van der Waals surface area contributed by atoms with Crippen molar-refractivity contribution >= 4 is 36.6 Å². The van der Waals surface area contributed by atoms with Crippen LogP contribution in [-0.2, 0) is 20.4 Å². The summed E-state index contributed by atoms with van der Waals surface area (Å²) in [4.78, 5) is 15.8. The Kier molecular flexibility index (Phi) is 7.22. The molecule has 2 heterocycles. The molecule has 0 atom stereocenters. The third-order valence-electron chi connectivity index (χ3n) is 7.55. The molecular formula is C31H38BN2O2+. The van der Waals surface area contributed by atoms with E-state index in [1.54, 1.807) is 0 Å². The number of fused-ring (bicyclic) bond motifs is 2. The van der Waals surface area contributed by atoms with Gasteiger partial charge in [-0.2, -0.15) is 0 Å². The van der Waals surface area contributed by atoms with Crippen molar-refractivity contribution in [2.24, 2.45) is 0 Å². The molecule has 2 aliphatic rings. The van der Waals surface area contributed by atoms with Crippen LogP contribution in [0.25, 0.3) is 0 Å². The van der Waals surface area contributed by atoms with Gasteiger partial charge in [0.05, 0.1) is 0 Å². The number of allylic oxidation sites excluding steroid dienone is 2. The minimum absolute atomic E-state index is 0.243. The Balaban J connectivity index is 1.92. The van der Waals surface area contributed by atoms with E-state index < -0.39 is 0 Å². The second kappa shape index (κ2) is 10.0. The van der Waals surface area contributed by atoms with E-state index in [0.717, 1.165) is 36.5 Å². The molecule has 0 N–H and O–H groups in total. The average Bonchev–Trinajstić information content (AvgIpc) is 3.21. The van der Waals surface area contributed by atoms with E-state index in [0.29, 0.717) is 12.2 Å². The first kappa shape index (κ1) is 25.9. The predicted octanol–water partition coefficient (Wildman–Crippen LogP) is 6.09. The SMILES string of the molecule is C=B[N+]1=C(/C=C(/C=C2/N(CCCC)c3ccccc3C2(C)C)C(=O)OCC)C(C)(C)c2ccccc21. The number of anilines is 1. The number of esters is 1. The van der Waals surface area contributed by atoms with Crippen molar-refractivity contribution in [3.05, 3.63) is 83.1 Å². The monoisotopic (exact) mass is 481 g/mol. The van der Waals surface area contributed by atoms with Crippen molar-refractivity contribution in [1.82, 2.24) is 0 Å². The molecule has 0 saturated heterocycles. The van der Waals surface area contributed by atoms with Crippen LogP contribution in [0.1, 0.15) is 65.5 Å². The Morgan fingerprint density at radius 3 is 2.36 bits per heavy atom. The number of carbonyl (C=O) groups excluding carboxylic acids is 1. The van der Waals surface area contributed by atoms with E-state index >= 15 is 0 Å². The molecule has 186 valence electrons. The van der Waals surface area contributed by atoms with Crippen LogP contribution in [0.15, 0.2) is 72.0 Å². The zero-order valence-corrected chi connectivity index (χ0v) is 22.6. The standard InChI is InChI=1S/C31H38BN2O2/c1-8-10-19-33-25-17-13-11-15-23(25)30(3,4)27(33)20-22(29(35)36-9-2)21-28-31(5,6)24-16-12-14-18-26(24)34(28)32-7/h11-18,20-21H,7-10,19H2,1-6H3/q+1. The number of hydrogen-bond acceptors (Lipinski definition) is 3. The topological polar surface area (TPSA) is 32.5 Å². The molecule has 4 nitrogen and oxygen atoms in total. The number of carbonyl (C=O) groups is 1. The molecule has 2 aliphatic heterocycles. The van der Waals surface area contributed by atoms with Crippen LogP contribution >= 0.6 is 0 Å². The fraction of sp³-hybridized carbons (Fsp3) is 0.387. The normalized spacial score (nSPS) is 18.8. The van der Waals surface area contributed by atoms with E-state index in [1.807, 2.05) is 26.1 Å². The van der Waals surface area contributed by atoms with Crippen LogP contribution in [0.4, 0.5) is 11.4 Å². The second-order valence-electron chi connectivity index (χ2n) is 10.6. The fourth-order valence-corrected chi connectivity index (χ4v) is 5.55. The first-order valence-electron chi connectivity index (χ1n) is 13.0. The number of nitrogens with zero attached hydrogens (tertiary/aromatic N) is 2. The van der Waals surface area contributed by atoms with Gasteiger partial charge >= 0.3 is 217 Å². The summed E-state index contributed by atoms with van der Waals surface area (Å²) in [6, 6.07) is 16.9. The summed E-state index contributed by atoms with van der Waals surface area (Å²) < 4.78 is 7.67. The number of rotatable bonds is 8. The Morgan fingerprint density at radius 2 is 1.69 bits per heavy atom. The van der Waals surface area contributed by atoms with E-state index in [1.165, 1.54) is 16.8 Å². The molecule has 5 heteroatoms. The van der Waals surface area contributed by atoms with Crippen LogP contribution in [-0.4, -0.2) is 42.8 Å². The van der Waals surface area contributed by atoms with Gasteiger partial charge in [-0.05, 0) is 0 Å². The van der Waals surface area contributed by atoms with Crippen LogP contribution in [0, 0.1) is 0 Å². The van der Waals surface area contributed by atoms with Gasteiger partial charge in [-0.1, -0.05) is 0 Å². The van der Waals surface area contributed by atoms with Crippen LogP contribution in [0.2, 0.25) is 0 Å². The number of hydrogen-bond donors (Lipinski definition) is 0. The molecule has 0 aliphatic carbocycles. The third-order valence-corrected chi connectivity index (χ3v) is 7.55. The molecule has 0 spiro atoms. The molecule has 36 heavy (non-hydrogen) atoms. The van der Waals surface area contributed by atoms with E-state index in [4.69, 9.17) is 4.74 Å². The van der Waals surface area contributed by atoms with Gasteiger partial charge in [0.25, 0.3) is 0 Å². The van der Waals surface area contributed by atoms with Crippen molar-refractivity contribution in [2.75, 3.05) is 18.1 Å². The van der Waals surface area contributed by atoms with Crippen molar-refractivity contribution in [3.63, 3.8) is 0 Å². The molecule has 0 amide bonds. The van der Waals surface area contributed by atoms with Crippen LogP contribution in [0.3, 0.4) is 0 Å². The quantitative estimate of drug-likeness (QED) is 0.260. The first-order chi connectivity index (χ1) is 17.2. The zero-order valence-electron chi connectivity index (χ0n) is 22.6. The van der Waals surface area contributed by atoms with Crippen molar-refractivity contribution in [2.45, 2.75) is 65.2 Å².